The summed E-state index contributed by atoms with van der Waals surface area (Å²) in [6, 6.07) is 3.30. The molecule has 3 N–H and O–H groups in total. The van der Waals surface area contributed by atoms with Crippen LogP contribution in [0.1, 0.15) is 31.7 Å². The summed E-state index contributed by atoms with van der Waals surface area (Å²) in [5, 5.41) is 35.5. The maximum absolute atomic E-state index is 10.6. The number of aliphatic hydroxyl groups is 1. The Morgan fingerprint density at radius 1 is 1.24 bits per heavy atom. The minimum absolute atomic E-state index is 0.0375. The monoisotopic (exact) mass is 340 g/mol. The fraction of sp³-hybridized carbons (Fsp3) is 0.350. The van der Waals surface area contributed by atoms with Crippen molar-refractivity contribution in [3.05, 3.63) is 53.9 Å². The molecular formula is C20H24N2O3. The Labute approximate surface area is 147 Å². The smallest absolute Gasteiger partial charge is 0.123 e. The third-order valence-electron chi connectivity index (χ3n) is 5.02. The highest BCUT2D eigenvalue weighted by Gasteiger charge is 2.33. The van der Waals surface area contributed by atoms with Gasteiger partial charge in [-0.2, -0.15) is 5.10 Å². The van der Waals surface area contributed by atoms with Crippen LogP contribution >= 0.6 is 0 Å². The van der Waals surface area contributed by atoms with E-state index in [0.717, 1.165) is 16.7 Å². The first-order valence-corrected chi connectivity index (χ1v) is 8.34. The van der Waals surface area contributed by atoms with Crippen LogP contribution in [0.4, 0.5) is 0 Å². The first kappa shape index (κ1) is 17.3. The number of aromatic nitrogens is 2. The maximum atomic E-state index is 10.6. The Hall–Kier alpha value is -2.53. The van der Waals surface area contributed by atoms with Gasteiger partial charge in [0.2, 0.25) is 0 Å². The van der Waals surface area contributed by atoms with Gasteiger partial charge in [-0.25, -0.2) is 0 Å². The third kappa shape index (κ3) is 3.20. The van der Waals surface area contributed by atoms with Crippen molar-refractivity contribution in [3.8, 4) is 22.6 Å². The van der Waals surface area contributed by atoms with Crippen molar-refractivity contribution in [2.24, 2.45) is 13.0 Å². The van der Waals surface area contributed by atoms with Crippen LogP contribution in [-0.2, 0) is 7.05 Å². The van der Waals surface area contributed by atoms with Crippen LogP contribution < -0.4 is 0 Å². The van der Waals surface area contributed by atoms with Gasteiger partial charge < -0.3 is 15.3 Å². The van der Waals surface area contributed by atoms with E-state index in [1.54, 1.807) is 23.0 Å². The summed E-state index contributed by atoms with van der Waals surface area (Å²) in [6.45, 7) is 7.81. The van der Waals surface area contributed by atoms with Crippen LogP contribution in [0, 0.1) is 5.92 Å². The second kappa shape index (κ2) is 6.41. The lowest BCUT2D eigenvalue weighted by Gasteiger charge is -2.34. The van der Waals surface area contributed by atoms with E-state index in [1.807, 2.05) is 33.2 Å². The van der Waals surface area contributed by atoms with Gasteiger partial charge in [-0.05, 0) is 49.5 Å². The van der Waals surface area contributed by atoms with Gasteiger partial charge >= 0.3 is 0 Å². The van der Waals surface area contributed by atoms with Gasteiger partial charge in [0.15, 0.2) is 0 Å². The van der Waals surface area contributed by atoms with E-state index in [2.05, 4.69) is 11.7 Å². The molecule has 3 rings (SSSR count). The molecule has 1 aromatic carbocycles. The van der Waals surface area contributed by atoms with Crippen LogP contribution in [0.25, 0.3) is 11.1 Å². The zero-order valence-electron chi connectivity index (χ0n) is 14.8. The van der Waals surface area contributed by atoms with Gasteiger partial charge in [0.25, 0.3) is 0 Å². The largest absolute Gasteiger partial charge is 0.507 e. The maximum Gasteiger partial charge on any atom is 0.123 e. The number of phenolic OH excluding ortho intramolecular Hbond substituents is 2. The second-order valence-electron chi connectivity index (χ2n) is 6.97. The molecule has 1 aromatic heterocycles. The molecular weight excluding hydrogens is 316 g/mol. The molecule has 1 aliphatic rings. The fourth-order valence-corrected chi connectivity index (χ4v) is 3.58. The number of aryl methyl sites for hydroxylation is 1. The molecule has 0 saturated carbocycles. The minimum atomic E-state index is -0.517. The molecule has 2 aromatic rings. The number of rotatable bonds is 3. The lowest BCUT2D eigenvalue weighted by molar-refractivity contribution is 0.168. The average molecular weight is 340 g/mol. The number of phenols is 2. The zero-order valence-corrected chi connectivity index (χ0v) is 14.8. The summed E-state index contributed by atoms with van der Waals surface area (Å²) in [7, 11) is 1.82. The molecule has 0 spiro atoms. The molecule has 0 radical (unpaired) electrons. The van der Waals surface area contributed by atoms with Crippen molar-refractivity contribution in [2.75, 3.05) is 0 Å². The number of aromatic hydroxyl groups is 2. The van der Waals surface area contributed by atoms with E-state index in [9.17, 15) is 15.3 Å². The predicted octanol–water partition coefficient (Wildman–Crippen LogP) is 3.49. The quantitative estimate of drug-likeness (QED) is 0.748. The molecule has 2 unspecified atom stereocenters. The SMILES string of the molecule is C=C(C)C1CC(O)C(C)=C[C@@H]1c1c(O)cc(-c2cnn(C)c2)cc1O. The Bertz CT molecular complexity index is 827. The van der Waals surface area contributed by atoms with E-state index in [4.69, 9.17) is 0 Å². The molecule has 132 valence electrons. The van der Waals surface area contributed by atoms with E-state index in [-0.39, 0.29) is 23.3 Å². The molecule has 0 saturated heterocycles. The topological polar surface area (TPSA) is 78.5 Å². The van der Waals surface area contributed by atoms with Crippen molar-refractivity contribution < 1.29 is 15.3 Å². The van der Waals surface area contributed by atoms with Crippen LogP contribution in [-0.4, -0.2) is 31.2 Å². The highest BCUT2D eigenvalue weighted by Crippen LogP contribution is 2.47. The van der Waals surface area contributed by atoms with Crippen LogP contribution in [0.3, 0.4) is 0 Å². The molecule has 5 nitrogen and oxygen atoms in total. The Morgan fingerprint density at radius 2 is 1.88 bits per heavy atom. The van der Waals surface area contributed by atoms with Crippen molar-refractivity contribution in [3.63, 3.8) is 0 Å². The Balaban J connectivity index is 2.08. The number of aliphatic hydroxyl groups excluding tert-OH is 1. The highest BCUT2D eigenvalue weighted by molar-refractivity contribution is 5.68. The number of allylic oxidation sites excluding steroid dienone is 2. The first-order chi connectivity index (χ1) is 11.8. The van der Waals surface area contributed by atoms with E-state index >= 15 is 0 Å². The molecule has 1 heterocycles. The average Bonchev–Trinajstić information content (AvgIpc) is 2.96. The summed E-state index contributed by atoms with van der Waals surface area (Å²) >= 11 is 0. The van der Waals surface area contributed by atoms with Crippen molar-refractivity contribution in [2.45, 2.75) is 32.3 Å². The lowest BCUT2D eigenvalue weighted by Crippen LogP contribution is -2.26. The van der Waals surface area contributed by atoms with Gasteiger partial charge in [0.1, 0.15) is 11.5 Å². The zero-order chi connectivity index (χ0) is 18.3. The summed E-state index contributed by atoms with van der Waals surface area (Å²) < 4.78 is 1.67. The third-order valence-corrected chi connectivity index (χ3v) is 5.02. The van der Waals surface area contributed by atoms with Crippen molar-refractivity contribution in [1.82, 2.24) is 9.78 Å². The number of nitrogens with zero attached hydrogens (tertiary/aromatic N) is 2. The predicted molar refractivity (Wildman–Crippen MR) is 97.4 cm³/mol. The van der Waals surface area contributed by atoms with E-state index in [1.165, 1.54) is 0 Å². The summed E-state index contributed by atoms with van der Waals surface area (Å²) in [6.07, 6.45) is 5.45. The lowest BCUT2D eigenvalue weighted by atomic mass is 9.72. The van der Waals surface area contributed by atoms with Crippen molar-refractivity contribution >= 4 is 0 Å². The molecule has 3 atom stereocenters. The molecule has 5 heteroatoms. The summed E-state index contributed by atoms with van der Waals surface area (Å²) in [4.78, 5) is 0. The van der Waals surface area contributed by atoms with E-state index in [0.29, 0.717) is 17.5 Å². The van der Waals surface area contributed by atoms with Gasteiger partial charge in [-0.1, -0.05) is 18.2 Å². The van der Waals surface area contributed by atoms with Crippen LogP contribution in [0.15, 0.2) is 48.3 Å². The van der Waals surface area contributed by atoms with Crippen LogP contribution in [0.2, 0.25) is 0 Å². The fourth-order valence-electron chi connectivity index (χ4n) is 3.58. The molecule has 25 heavy (non-hydrogen) atoms. The molecule has 0 fully saturated rings. The molecule has 0 amide bonds. The normalized spacial score (nSPS) is 23.4. The van der Waals surface area contributed by atoms with Gasteiger partial charge in [-0.3, -0.25) is 4.68 Å². The van der Waals surface area contributed by atoms with Gasteiger partial charge in [0, 0.05) is 30.3 Å². The highest BCUT2D eigenvalue weighted by atomic mass is 16.3. The molecule has 0 aliphatic heterocycles. The van der Waals surface area contributed by atoms with Gasteiger partial charge in [-0.15, -0.1) is 0 Å². The van der Waals surface area contributed by atoms with E-state index < -0.39 is 6.10 Å². The summed E-state index contributed by atoms with van der Waals surface area (Å²) in [5.74, 6) is -0.185. The Morgan fingerprint density at radius 3 is 2.40 bits per heavy atom. The number of hydrogen-bond acceptors (Lipinski definition) is 4. The first-order valence-electron chi connectivity index (χ1n) is 8.34. The molecule has 1 aliphatic carbocycles. The standard InChI is InChI=1S/C20H24N2O3/c1-11(2)15-8-17(23)12(3)5-16(15)20-18(24)6-13(7-19(20)25)14-9-21-22(4)10-14/h5-7,9-10,15-17,23-25H,1,8H2,2-4H3/t15?,16-,17?/m0/s1. The van der Waals surface area contributed by atoms with Gasteiger partial charge in [0.05, 0.1) is 12.3 Å². The Kier molecular flexibility index (Phi) is 4.43. The van der Waals surface area contributed by atoms with Crippen molar-refractivity contribution in [1.29, 1.82) is 0 Å². The second-order valence-corrected chi connectivity index (χ2v) is 6.97. The number of hydrogen-bond donors (Lipinski definition) is 3. The summed E-state index contributed by atoms with van der Waals surface area (Å²) in [5.41, 5.74) is 3.77. The minimum Gasteiger partial charge on any atom is -0.507 e. The van der Waals surface area contributed by atoms with Crippen LogP contribution in [0.5, 0.6) is 11.5 Å². The molecule has 0 bridgehead atoms. The number of benzene rings is 1.